The Hall–Kier alpha value is -0.940. The minimum absolute atomic E-state index is 0.386. The molecule has 0 aliphatic carbocycles. The van der Waals surface area contributed by atoms with E-state index < -0.39 is 0 Å². The molecule has 2 rings (SSSR count). The number of nitrogens with one attached hydrogen (secondary N) is 1. The highest BCUT2D eigenvalue weighted by molar-refractivity contribution is 9.10. The van der Waals surface area contributed by atoms with E-state index in [-0.39, 0.29) is 0 Å². The Morgan fingerprint density at radius 1 is 1.54 bits per heavy atom. The molecule has 5 heteroatoms. The van der Waals surface area contributed by atoms with E-state index in [1.165, 1.54) is 0 Å². The van der Waals surface area contributed by atoms with Crippen LogP contribution in [0.2, 0.25) is 0 Å². The Kier molecular flexibility index (Phi) is 2.05. The zero-order chi connectivity index (χ0) is 9.42. The topological polar surface area (TPSA) is 54.7 Å². The van der Waals surface area contributed by atoms with Crippen LogP contribution < -0.4 is 5.73 Å². The third-order valence-electron chi connectivity index (χ3n) is 1.79. The summed E-state index contributed by atoms with van der Waals surface area (Å²) in [6.45, 7) is 0. The van der Waals surface area contributed by atoms with E-state index in [1.807, 2.05) is 12.1 Å². The maximum Gasteiger partial charge on any atom is 0.104 e. The number of rotatable bonds is 1. The van der Waals surface area contributed by atoms with Gasteiger partial charge in [0, 0.05) is 15.4 Å². The molecule has 0 unspecified atom stereocenters. The van der Waals surface area contributed by atoms with Crippen molar-refractivity contribution in [1.82, 2.24) is 10.2 Å². The van der Waals surface area contributed by atoms with Gasteiger partial charge in [-0.15, -0.1) is 0 Å². The SMILES string of the molecule is NC(=S)c1cc(Br)c2cn[nH]c2c1. The van der Waals surface area contributed by atoms with Gasteiger partial charge >= 0.3 is 0 Å². The van der Waals surface area contributed by atoms with Crippen molar-refractivity contribution >= 4 is 44.0 Å². The highest BCUT2D eigenvalue weighted by Gasteiger charge is 2.04. The average Bonchev–Trinajstić information content (AvgIpc) is 2.51. The molecule has 1 aromatic heterocycles. The summed E-state index contributed by atoms with van der Waals surface area (Å²) < 4.78 is 0.946. The molecule has 1 heterocycles. The molecule has 0 saturated heterocycles. The van der Waals surface area contributed by atoms with Crippen LogP contribution in [0.15, 0.2) is 22.8 Å². The minimum atomic E-state index is 0.386. The minimum Gasteiger partial charge on any atom is -0.389 e. The molecule has 0 radical (unpaired) electrons. The second kappa shape index (κ2) is 3.08. The molecule has 0 atom stereocenters. The van der Waals surface area contributed by atoms with E-state index >= 15 is 0 Å². The lowest BCUT2D eigenvalue weighted by molar-refractivity contribution is 1.12. The molecule has 0 aliphatic heterocycles. The number of nitrogens with two attached hydrogens (primary N) is 1. The van der Waals surface area contributed by atoms with Gasteiger partial charge in [-0.1, -0.05) is 28.1 Å². The monoisotopic (exact) mass is 255 g/mol. The average molecular weight is 256 g/mol. The zero-order valence-corrected chi connectivity index (χ0v) is 8.95. The maximum absolute atomic E-state index is 5.52. The van der Waals surface area contributed by atoms with Crippen LogP contribution in [0.1, 0.15) is 5.56 Å². The zero-order valence-electron chi connectivity index (χ0n) is 6.54. The van der Waals surface area contributed by atoms with Gasteiger partial charge in [-0.3, -0.25) is 5.10 Å². The largest absolute Gasteiger partial charge is 0.389 e. The third kappa shape index (κ3) is 1.45. The molecule has 2 aromatic rings. The summed E-state index contributed by atoms with van der Waals surface area (Å²) in [6, 6.07) is 3.77. The van der Waals surface area contributed by atoms with Gasteiger partial charge < -0.3 is 5.73 Å². The molecule has 0 bridgehead atoms. The molecule has 0 aliphatic rings. The number of hydrogen-bond donors (Lipinski definition) is 2. The molecule has 0 saturated carbocycles. The fourth-order valence-electron chi connectivity index (χ4n) is 1.15. The second-order valence-corrected chi connectivity index (χ2v) is 3.95. The normalized spacial score (nSPS) is 10.5. The van der Waals surface area contributed by atoms with Crippen LogP contribution >= 0.6 is 28.1 Å². The smallest absolute Gasteiger partial charge is 0.104 e. The van der Waals surface area contributed by atoms with Crippen LogP contribution in [0.5, 0.6) is 0 Å². The molecule has 13 heavy (non-hydrogen) atoms. The molecule has 1 aromatic carbocycles. The van der Waals surface area contributed by atoms with Crippen LogP contribution in [0.4, 0.5) is 0 Å². The Labute approximate surface area is 88.4 Å². The number of fused-ring (bicyclic) bond motifs is 1. The number of halogens is 1. The fourth-order valence-corrected chi connectivity index (χ4v) is 1.83. The summed E-state index contributed by atoms with van der Waals surface area (Å²) in [5.74, 6) is 0. The summed E-state index contributed by atoms with van der Waals surface area (Å²) in [6.07, 6.45) is 1.75. The maximum atomic E-state index is 5.52. The predicted octanol–water partition coefficient (Wildman–Crippen LogP) is 1.96. The summed E-state index contributed by atoms with van der Waals surface area (Å²) in [7, 11) is 0. The Balaban J connectivity index is 2.77. The Morgan fingerprint density at radius 2 is 2.31 bits per heavy atom. The first kappa shape index (κ1) is 8.65. The number of H-pyrrole nitrogens is 1. The van der Waals surface area contributed by atoms with Crippen molar-refractivity contribution in [2.75, 3.05) is 0 Å². The Morgan fingerprint density at radius 3 is 3.00 bits per heavy atom. The lowest BCUT2D eigenvalue weighted by atomic mass is 10.2. The number of nitrogens with zero attached hydrogens (tertiary/aromatic N) is 1. The standard InChI is InChI=1S/C8H6BrN3S/c9-6-1-4(8(10)13)2-7-5(6)3-11-12-7/h1-3H,(H2,10,13)(H,11,12). The molecule has 3 nitrogen and oxygen atoms in total. The van der Waals surface area contributed by atoms with Gasteiger partial charge in [0.15, 0.2) is 0 Å². The second-order valence-electron chi connectivity index (χ2n) is 2.65. The number of aromatic nitrogens is 2. The van der Waals surface area contributed by atoms with Gasteiger partial charge in [0.25, 0.3) is 0 Å². The van der Waals surface area contributed by atoms with E-state index in [2.05, 4.69) is 26.1 Å². The number of aromatic amines is 1. The van der Waals surface area contributed by atoms with Crippen molar-refractivity contribution in [3.8, 4) is 0 Å². The van der Waals surface area contributed by atoms with Gasteiger partial charge in [0.1, 0.15) is 4.99 Å². The van der Waals surface area contributed by atoms with Gasteiger partial charge in [0.2, 0.25) is 0 Å². The van der Waals surface area contributed by atoms with Crippen LogP contribution in [-0.4, -0.2) is 15.2 Å². The molecular weight excluding hydrogens is 250 g/mol. The van der Waals surface area contributed by atoms with Gasteiger partial charge in [-0.25, -0.2) is 0 Å². The summed E-state index contributed by atoms with van der Waals surface area (Å²) in [5, 5.41) is 7.81. The van der Waals surface area contributed by atoms with Gasteiger partial charge in [-0.05, 0) is 12.1 Å². The van der Waals surface area contributed by atoms with E-state index in [4.69, 9.17) is 18.0 Å². The van der Waals surface area contributed by atoms with E-state index in [1.54, 1.807) is 6.20 Å². The van der Waals surface area contributed by atoms with E-state index in [0.717, 1.165) is 20.9 Å². The third-order valence-corrected chi connectivity index (χ3v) is 2.68. The first-order chi connectivity index (χ1) is 6.18. The van der Waals surface area contributed by atoms with Crippen LogP contribution in [0, 0.1) is 0 Å². The molecular formula is C8H6BrN3S. The first-order valence-electron chi connectivity index (χ1n) is 3.61. The number of benzene rings is 1. The summed E-state index contributed by atoms with van der Waals surface area (Å²) in [4.78, 5) is 0.386. The molecule has 0 amide bonds. The quantitative estimate of drug-likeness (QED) is 0.767. The van der Waals surface area contributed by atoms with Crippen molar-refractivity contribution in [3.05, 3.63) is 28.4 Å². The van der Waals surface area contributed by atoms with E-state index in [0.29, 0.717) is 4.99 Å². The fraction of sp³-hybridized carbons (Fsp3) is 0. The molecule has 3 N–H and O–H groups in total. The van der Waals surface area contributed by atoms with Crippen LogP contribution in [0.3, 0.4) is 0 Å². The number of hydrogen-bond acceptors (Lipinski definition) is 2. The number of thiocarbonyl (C=S) groups is 1. The van der Waals surface area contributed by atoms with Crippen LogP contribution in [0.25, 0.3) is 10.9 Å². The van der Waals surface area contributed by atoms with Crippen molar-refractivity contribution in [1.29, 1.82) is 0 Å². The highest BCUT2D eigenvalue weighted by atomic mass is 79.9. The Bertz CT molecular complexity index is 477. The first-order valence-corrected chi connectivity index (χ1v) is 4.81. The molecule has 0 spiro atoms. The van der Waals surface area contributed by atoms with Gasteiger partial charge in [0.05, 0.1) is 11.7 Å². The van der Waals surface area contributed by atoms with Crippen molar-refractivity contribution in [3.63, 3.8) is 0 Å². The van der Waals surface area contributed by atoms with Crippen molar-refractivity contribution in [2.24, 2.45) is 5.73 Å². The highest BCUT2D eigenvalue weighted by Crippen LogP contribution is 2.23. The van der Waals surface area contributed by atoms with E-state index in [9.17, 15) is 0 Å². The summed E-state index contributed by atoms with van der Waals surface area (Å²) >= 11 is 8.30. The lowest BCUT2D eigenvalue weighted by Crippen LogP contribution is -2.08. The van der Waals surface area contributed by atoms with Crippen molar-refractivity contribution in [2.45, 2.75) is 0 Å². The van der Waals surface area contributed by atoms with Crippen LogP contribution in [-0.2, 0) is 0 Å². The summed E-state index contributed by atoms with van der Waals surface area (Å²) in [5.41, 5.74) is 7.28. The predicted molar refractivity (Wildman–Crippen MR) is 59.7 cm³/mol. The van der Waals surface area contributed by atoms with Crippen molar-refractivity contribution < 1.29 is 0 Å². The lowest BCUT2D eigenvalue weighted by Gasteiger charge is -1.99. The molecule has 0 fully saturated rings. The molecule has 66 valence electrons. The van der Waals surface area contributed by atoms with Gasteiger partial charge in [-0.2, -0.15) is 5.10 Å².